The van der Waals surface area contributed by atoms with E-state index in [4.69, 9.17) is 0 Å². The second kappa shape index (κ2) is 8.83. The summed E-state index contributed by atoms with van der Waals surface area (Å²) in [6.45, 7) is 5.43. The van der Waals surface area contributed by atoms with E-state index >= 15 is 0 Å². The Kier molecular flexibility index (Phi) is 5.93. The second-order valence-corrected chi connectivity index (χ2v) is 9.28. The van der Waals surface area contributed by atoms with Crippen molar-refractivity contribution in [3.05, 3.63) is 89.2 Å². The first-order chi connectivity index (χ1) is 15.7. The van der Waals surface area contributed by atoms with E-state index in [9.17, 15) is 13.2 Å². The van der Waals surface area contributed by atoms with Gasteiger partial charge in [-0.1, -0.05) is 24.3 Å². The zero-order valence-corrected chi connectivity index (χ0v) is 19.1. The molecule has 1 aromatic heterocycles. The van der Waals surface area contributed by atoms with Gasteiger partial charge in [0.1, 0.15) is 6.33 Å². The molecule has 0 unspecified atom stereocenters. The lowest BCUT2D eigenvalue weighted by atomic mass is 10.1. The van der Waals surface area contributed by atoms with Crippen LogP contribution in [0, 0.1) is 20.8 Å². The Balaban J connectivity index is 1.59. The van der Waals surface area contributed by atoms with Crippen LogP contribution in [0.15, 0.2) is 71.9 Å². The standard InChI is InChI=1S/C23H22N6O3S/c1-15-8-9-16(2)22(12-15)33(31,32)26-20-7-5-4-6-19(20)23(30)25-18-10-11-21(17(3)13-18)29-14-24-27-28-29/h4-14,26H,1-3H3,(H,25,30). The maximum Gasteiger partial charge on any atom is 0.262 e. The van der Waals surface area contributed by atoms with E-state index in [1.165, 1.54) is 11.0 Å². The highest BCUT2D eigenvalue weighted by atomic mass is 32.2. The molecule has 0 atom stereocenters. The van der Waals surface area contributed by atoms with Crippen LogP contribution in [0.4, 0.5) is 11.4 Å². The van der Waals surface area contributed by atoms with E-state index in [1.807, 2.05) is 19.9 Å². The average Bonchev–Trinajstić information content (AvgIpc) is 3.30. The number of carbonyl (C=O) groups is 1. The van der Waals surface area contributed by atoms with Crippen LogP contribution in [0.3, 0.4) is 0 Å². The smallest absolute Gasteiger partial charge is 0.262 e. The lowest BCUT2D eigenvalue weighted by Gasteiger charge is -2.15. The molecule has 0 bridgehead atoms. The summed E-state index contributed by atoms with van der Waals surface area (Å²) in [5.41, 5.74) is 4.03. The molecule has 9 nitrogen and oxygen atoms in total. The Labute approximate surface area is 191 Å². The minimum absolute atomic E-state index is 0.173. The molecule has 0 fully saturated rings. The summed E-state index contributed by atoms with van der Waals surface area (Å²) in [5.74, 6) is -0.441. The third kappa shape index (κ3) is 4.75. The molecular formula is C23H22N6O3S. The highest BCUT2D eigenvalue weighted by Gasteiger charge is 2.21. The quantitative estimate of drug-likeness (QED) is 0.452. The van der Waals surface area contributed by atoms with Crippen LogP contribution in [-0.4, -0.2) is 34.5 Å². The minimum atomic E-state index is -3.88. The molecule has 0 aliphatic heterocycles. The van der Waals surface area contributed by atoms with E-state index < -0.39 is 15.9 Å². The number of tetrazole rings is 1. The first-order valence-electron chi connectivity index (χ1n) is 10.1. The number of aryl methyl sites for hydroxylation is 3. The van der Waals surface area contributed by atoms with E-state index in [1.54, 1.807) is 61.5 Å². The molecule has 1 amide bonds. The number of nitrogens with one attached hydrogen (secondary N) is 2. The number of aromatic nitrogens is 4. The second-order valence-electron chi connectivity index (χ2n) is 7.63. The van der Waals surface area contributed by atoms with Crippen molar-refractivity contribution in [2.24, 2.45) is 0 Å². The molecule has 4 rings (SSSR count). The molecule has 0 aliphatic carbocycles. The predicted molar refractivity (Wildman–Crippen MR) is 125 cm³/mol. The number of rotatable bonds is 6. The number of hydrogen-bond donors (Lipinski definition) is 2. The fourth-order valence-electron chi connectivity index (χ4n) is 3.43. The van der Waals surface area contributed by atoms with Crippen molar-refractivity contribution < 1.29 is 13.2 Å². The zero-order chi connectivity index (χ0) is 23.6. The highest BCUT2D eigenvalue weighted by molar-refractivity contribution is 7.92. The van der Waals surface area contributed by atoms with Crippen LogP contribution >= 0.6 is 0 Å². The van der Waals surface area contributed by atoms with Gasteiger partial charge in [0, 0.05) is 5.69 Å². The van der Waals surface area contributed by atoms with E-state index in [-0.39, 0.29) is 16.1 Å². The first-order valence-corrected chi connectivity index (χ1v) is 11.6. The van der Waals surface area contributed by atoms with E-state index in [2.05, 4.69) is 25.6 Å². The Morgan fingerprint density at radius 1 is 0.939 bits per heavy atom. The fraction of sp³-hybridized carbons (Fsp3) is 0.130. The van der Waals surface area contributed by atoms with Crippen LogP contribution in [0.5, 0.6) is 0 Å². The van der Waals surface area contributed by atoms with Crippen molar-refractivity contribution in [1.82, 2.24) is 20.2 Å². The van der Waals surface area contributed by atoms with Crippen molar-refractivity contribution >= 4 is 27.3 Å². The van der Waals surface area contributed by atoms with Crippen LogP contribution < -0.4 is 10.0 Å². The Morgan fingerprint density at radius 2 is 1.73 bits per heavy atom. The van der Waals surface area contributed by atoms with Crippen molar-refractivity contribution in [2.75, 3.05) is 10.0 Å². The lowest BCUT2D eigenvalue weighted by molar-refractivity contribution is 0.102. The summed E-state index contributed by atoms with van der Waals surface area (Å²) in [4.78, 5) is 13.2. The van der Waals surface area contributed by atoms with Crippen molar-refractivity contribution in [2.45, 2.75) is 25.7 Å². The number of amides is 1. The third-order valence-corrected chi connectivity index (χ3v) is 6.61. The fourth-order valence-corrected chi connectivity index (χ4v) is 4.84. The molecule has 10 heteroatoms. The number of anilines is 2. The van der Waals surface area contributed by atoms with E-state index in [0.29, 0.717) is 11.3 Å². The topological polar surface area (TPSA) is 119 Å². The third-order valence-electron chi connectivity index (χ3n) is 5.10. The molecule has 33 heavy (non-hydrogen) atoms. The van der Waals surface area contributed by atoms with Crippen molar-refractivity contribution in [3.8, 4) is 5.69 Å². The summed E-state index contributed by atoms with van der Waals surface area (Å²) in [7, 11) is -3.88. The van der Waals surface area contributed by atoms with Gasteiger partial charge < -0.3 is 5.32 Å². The largest absolute Gasteiger partial charge is 0.322 e. The van der Waals surface area contributed by atoms with E-state index in [0.717, 1.165) is 16.8 Å². The van der Waals surface area contributed by atoms with Crippen molar-refractivity contribution in [3.63, 3.8) is 0 Å². The van der Waals surface area contributed by atoms with Gasteiger partial charge in [0.2, 0.25) is 0 Å². The summed E-state index contributed by atoms with van der Waals surface area (Å²) >= 11 is 0. The van der Waals surface area contributed by atoms with Gasteiger partial charge in [-0.15, -0.1) is 5.10 Å². The highest BCUT2D eigenvalue weighted by Crippen LogP contribution is 2.25. The first kappa shape index (κ1) is 22.2. The van der Waals surface area contributed by atoms with Gasteiger partial charge in [-0.2, -0.15) is 0 Å². The number of carbonyl (C=O) groups excluding carboxylic acids is 1. The van der Waals surface area contributed by atoms with Gasteiger partial charge in [-0.05, 0) is 84.3 Å². The number of para-hydroxylation sites is 1. The predicted octanol–water partition coefficient (Wildman–Crippen LogP) is 3.64. The van der Waals surface area contributed by atoms with Gasteiger partial charge in [-0.25, -0.2) is 13.1 Å². The molecule has 0 aliphatic rings. The summed E-state index contributed by atoms with van der Waals surface area (Å²) in [6.07, 6.45) is 1.49. The molecular weight excluding hydrogens is 440 g/mol. The van der Waals surface area contributed by atoms with Crippen LogP contribution in [0.25, 0.3) is 5.69 Å². The molecule has 2 N–H and O–H groups in total. The van der Waals surface area contributed by atoms with Gasteiger partial charge in [0.15, 0.2) is 0 Å². The van der Waals surface area contributed by atoms with Gasteiger partial charge in [-0.3, -0.25) is 9.52 Å². The number of hydrogen-bond acceptors (Lipinski definition) is 6. The van der Waals surface area contributed by atoms with Crippen LogP contribution in [-0.2, 0) is 10.0 Å². The molecule has 0 saturated carbocycles. The molecule has 0 radical (unpaired) electrons. The number of sulfonamides is 1. The zero-order valence-electron chi connectivity index (χ0n) is 18.3. The molecule has 4 aromatic rings. The SMILES string of the molecule is Cc1ccc(C)c(S(=O)(=O)Nc2ccccc2C(=O)Nc2ccc(-n3cnnn3)c(C)c2)c1. The molecule has 0 saturated heterocycles. The van der Waals surface area contributed by atoms with Gasteiger partial charge >= 0.3 is 0 Å². The van der Waals surface area contributed by atoms with Crippen LogP contribution in [0.1, 0.15) is 27.0 Å². The van der Waals surface area contributed by atoms with Gasteiger partial charge in [0.25, 0.3) is 15.9 Å². The average molecular weight is 463 g/mol. The monoisotopic (exact) mass is 462 g/mol. The number of benzene rings is 3. The Hall–Kier alpha value is -4.05. The summed E-state index contributed by atoms with van der Waals surface area (Å²) < 4.78 is 30.2. The molecule has 3 aromatic carbocycles. The molecule has 168 valence electrons. The summed E-state index contributed by atoms with van der Waals surface area (Å²) in [5, 5.41) is 13.9. The minimum Gasteiger partial charge on any atom is -0.322 e. The summed E-state index contributed by atoms with van der Waals surface area (Å²) in [6, 6.07) is 17.0. The maximum absolute atomic E-state index is 13.0. The molecule has 0 spiro atoms. The molecule has 1 heterocycles. The Morgan fingerprint density at radius 3 is 2.45 bits per heavy atom. The lowest BCUT2D eigenvalue weighted by Crippen LogP contribution is -2.19. The Bertz CT molecular complexity index is 1430. The van der Waals surface area contributed by atoms with Crippen LogP contribution in [0.2, 0.25) is 0 Å². The van der Waals surface area contributed by atoms with Gasteiger partial charge in [0.05, 0.1) is 21.8 Å². The number of nitrogens with zero attached hydrogens (tertiary/aromatic N) is 4. The van der Waals surface area contributed by atoms with Crippen molar-refractivity contribution in [1.29, 1.82) is 0 Å². The maximum atomic E-state index is 13.0. The normalized spacial score (nSPS) is 11.2.